The third kappa shape index (κ3) is 7.91. The van der Waals surface area contributed by atoms with E-state index in [1.165, 1.54) is 0 Å². The molecular formula is C6H13O3S. The SMILES string of the molecule is [CH2]C(C)CCCS(=O)(=O)O. The molecule has 0 aliphatic heterocycles. The monoisotopic (exact) mass is 165 g/mol. The second kappa shape index (κ2) is 3.93. The Bertz CT molecular complexity index is 169. The molecule has 0 saturated carbocycles. The van der Waals surface area contributed by atoms with E-state index in [1.54, 1.807) is 0 Å². The van der Waals surface area contributed by atoms with E-state index in [-0.39, 0.29) is 11.7 Å². The lowest BCUT2D eigenvalue weighted by Gasteiger charge is -2.00. The maximum Gasteiger partial charge on any atom is 0.264 e. The van der Waals surface area contributed by atoms with Crippen molar-refractivity contribution in [3.05, 3.63) is 6.92 Å². The largest absolute Gasteiger partial charge is 0.286 e. The van der Waals surface area contributed by atoms with Crippen LogP contribution in [-0.4, -0.2) is 18.7 Å². The highest BCUT2D eigenvalue weighted by atomic mass is 32.2. The summed E-state index contributed by atoms with van der Waals surface area (Å²) in [4.78, 5) is 0. The van der Waals surface area contributed by atoms with Crippen molar-refractivity contribution in [2.75, 3.05) is 5.75 Å². The van der Waals surface area contributed by atoms with Crippen LogP contribution in [0.4, 0.5) is 0 Å². The van der Waals surface area contributed by atoms with Gasteiger partial charge in [-0.1, -0.05) is 13.8 Å². The Hall–Kier alpha value is -0.0900. The molecular weight excluding hydrogens is 152 g/mol. The normalized spacial score (nSPS) is 12.4. The first-order valence-corrected chi connectivity index (χ1v) is 4.81. The van der Waals surface area contributed by atoms with Crippen molar-refractivity contribution >= 4 is 10.1 Å². The number of hydrogen-bond acceptors (Lipinski definition) is 2. The van der Waals surface area contributed by atoms with Gasteiger partial charge in [0.25, 0.3) is 10.1 Å². The standard InChI is InChI=1S/C6H13O3S/c1-6(2)4-3-5-10(7,8)9/h6H,1,3-5H2,2H3,(H,7,8,9). The van der Waals surface area contributed by atoms with Crippen LogP contribution in [-0.2, 0) is 10.1 Å². The smallest absolute Gasteiger partial charge is 0.264 e. The highest BCUT2D eigenvalue weighted by molar-refractivity contribution is 7.85. The molecule has 0 heterocycles. The summed E-state index contributed by atoms with van der Waals surface area (Å²) in [6, 6.07) is 0. The zero-order chi connectivity index (χ0) is 8.20. The lowest BCUT2D eigenvalue weighted by Crippen LogP contribution is -2.04. The highest BCUT2D eigenvalue weighted by Crippen LogP contribution is 2.03. The third-order valence-corrected chi connectivity index (χ3v) is 1.90. The molecule has 0 bridgehead atoms. The van der Waals surface area contributed by atoms with Gasteiger partial charge < -0.3 is 0 Å². The lowest BCUT2D eigenvalue weighted by atomic mass is 10.1. The molecule has 0 fully saturated rings. The molecule has 0 aliphatic carbocycles. The van der Waals surface area contributed by atoms with Crippen LogP contribution in [0.2, 0.25) is 0 Å². The third-order valence-electron chi connectivity index (χ3n) is 1.10. The van der Waals surface area contributed by atoms with Gasteiger partial charge in [-0.3, -0.25) is 4.55 Å². The summed E-state index contributed by atoms with van der Waals surface area (Å²) < 4.78 is 28.6. The zero-order valence-electron chi connectivity index (χ0n) is 6.08. The average Bonchev–Trinajstić information content (AvgIpc) is 1.59. The van der Waals surface area contributed by atoms with Crippen molar-refractivity contribution in [1.82, 2.24) is 0 Å². The van der Waals surface area contributed by atoms with Crippen LogP contribution < -0.4 is 0 Å². The van der Waals surface area contributed by atoms with Gasteiger partial charge >= 0.3 is 0 Å². The van der Waals surface area contributed by atoms with Crippen molar-refractivity contribution in [1.29, 1.82) is 0 Å². The Kier molecular flexibility index (Phi) is 3.89. The molecule has 1 N–H and O–H groups in total. The molecule has 10 heavy (non-hydrogen) atoms. The molecule has 0 aromatic carbocycles. The van der Waals surface area contributed by atoms with E-state index in [2.05, 4.69) is 6.92 Å². The maximum absolute atomic E-state index is 10.1. The number of hydrogen-bond donors (Lipinski definition) is 1. The maximum atomic E-state index is 10.1. The van der Waals surface area contributed by atoms with Crippen molar-refractivity contribution in [2.45, 2.75) is 19.8 Å². The molecule has 4 heteroatoms. The topological polar surface area (TPSA) is 54.4 Å². The van der Waals surface area contributed by atoms with E-state index in [9.17, 15) is 8.42 Å². The van der Waals surface area contributed by atoms with Gasteiger partial charge in [0.15, 0.2) is 0 Å². The van der Waals surface area contributed by atoms with Crippen LogP contribution in [0.1, 0.15) is 19.8 Å². The van der Waals surface area contributed by atoms with Crippen LogP contribution in [0.15, 0.2) is 0 Å². The van der Waals surface area contributed by atoms with E-state index in [0.717, 1.165) is 6.42 Å². The van der Waals surface area contributed by atoms with Gasteiger partial charge in [0, 0.05) is 0 Å². The summed E-state index contributed by atoms with van der Waals surface area (Å²) in [5, 5.41) is 0. The first kappa shape index (κ1) is 9.91. The van der Waals surface area contributed by atoms with E-state index < -0.39 is 10.1 Å². The summed E-state index contributed by atoms with van der Waals surface area (Å²) in [6.07, 6.45) is 1.23. The molecule has 3 nitrogen and oxygen atoms in total. The van der Waals surface area contributed by atoms with E-state index in [0.29, 0.717) is 6.42 Å². The zero-order valence-corrected chi connectivity index (χ0v) is 6.89. The van der Waals surface area contributed by atoms with Gasteiger partial charge in [-0.25, -0.2) is 0 Å². The molecule has 1 atom stereocenters. The van der Waals surface area contributed by atoms with Crippen LogP contribution in [0.3, 0.4) is 0 Å². The minimum absolute atomic E-state index is 0.146. The molecule has 0 aromatic heterocycles. The second-order valence-corrected chi connectivity index (χ2v) is 4.11. The minimum Gasteiger partial charge on any atom is -0.286 e. The minimum atomic E-state index is -3.75. The predicted octanol–water partition coefficient (Wildman–Crippen LogP) is 1.12. The Morgan fingerprint density at radius 3 is 2.40 bits per heavy atom. The van der Waals surface area contributed by atoms with E-state index >= 15 is 0 Å². The van der Waals surface area contributed by atoms with Crippen LogP contribution in [0, 0.1) is 12.8 Å². The fraction of sp³-hybridized carbons (Fsp3) is 0.833. The molecule has 1 radical (unpaired) electrons. The molecule has 0 aliphatic rings. The predicted molar refractivity (Wildman–Crippen MR) is 40.2 cm³/mol. The quantitative estimate of drug-likeness (QED) is 0.635. The second-order valence-electron chi connectivity index (χ2n) is 2.53. The van der Waals surface area contributed by atoms with Crippen LogP contribution in [0.5, 0.6) is 0 Å². The van der Waals surface area contributed by atoms with E-state index in [4.69, 9.17) is 4.55 Å². The van der Waals surface area contributed by atoms with Crippen molar-refractivity contribution in [3.8, 4) is 0 Å². The Morgan fingerprint density at radius 1 is 1.60 bits per heavy atom. The van der Waals surface area contributed by atoms with Crippen molar-refractivity contribution < 1.29 is 13.0 Å². The first-order chi connectivity index (χ1) is 4.42. The van der Waals surface area contributed by atoms with Gasteiger partial charge in [0.2, 0.25) is 0 Å². The molecule has 0 amide bonds. The summed E-state index contributed by atoms with van der Waals surface area (Å²) in [5.74, 6) is 0.106. The summed E-state index contributed by atoms with van der Waals surface area (Å²) >= 11 is 0. The Morgan fingerprint density at radius 2 is 2.10 bits per heavy atom. The van der Waals surface area contributed by atoms with Crippen molar-refractivity contribution in [2.24, 2.45) is 5.92 Å². The molecule has 61 valence electrons. The summed E-state index contributed by atoms with van der Waals surface area (Å²) in [7, 11) is -3.75. The molecule has 0 aromatic rings. The molecule has 1 unspecified atom stereocenters. The highest BCUT2D eigenvalue weighted by Gasteiger charge is 2.03. The van der Waals surface area contributed by atoms with Gasteiger partial charge in [0.05, 0.1) is 5.75 Å². The van der Waals surface area contributed by atoms with E-state index in [1.807, 2.05) is 6.92 Å². The lowest BCUT2D eigenvalue weighted by molar-refractivity contribution is 0.477. The Labute approximate surface area is 62.2 Å². The van der Waals surface area contributed by atoms with Gasteiger partial charge in [-0.2, -0.15) is 8.42 Å². The van der Waals surface area contributed by atoms with Crippen LogP contribution >= 0.6 is 0 Å². The van der Waals surface area contributed by atoms with Crippen LogP contribution in [0.25, 0.3) is 0 Å². The molecule has 0 rings (SSSR count). The Balaban J connectivity index is 3.39. The van der Waals surface area contributed by atoms with Crippen molar-refractivity contribution in [3.63, 3.8) is 0 Å². The average molecular weight is 165 g/mol. The first-order valence-electron chi connectivity index (χ1n) is 3.20. The molecule has 0 spiro atoms. The summed E-state index contributed by atoms with van der Waals surface area (Å²) in [6.45, 7) is 5.59. The summed E-state index contributed by atoms with van der Waals surface area (Å²) in [5.41, 5.74) is 0. The molecule has 0 saturated heterocycles. The number of rotatable bonds is 4. The fourth-order valence-electron chi connectivity index (χ4n) is 0.614. The van der Waals surface area contributed by atoms with Gasteiger partial charge in [-0.05, 0) is 18.8 Å². The van der Waals surface area contributed by atoms with Gasteiger partial charge in [-0.15, -0.1) is 0 Å². The fourth-order valence-corrected chi connectivity index (χ4v) is 1.15. The van der Waals surface area contributed by atoms with Gasteiger partial charge in [0.1, 0.15) is 0 Å².